The molecule has 0 unspecified atom stereocenters. The van der Waals surface area contributed by atoms with Crippen LogP contribution in [0.3, 0.4) is 0 Å². The lowest BCUT2D eigenvalue weighted by Gasteiger charge is -2.18. The zero-order valence-electron chi connectivity index (χ0n) is 13.4. The number of carbonyl (C=O) groups is 1. The molecule has 1 fully saturated rings. The first-order valence-electron chi connectivity index (χ1n) is 7.75. The summed E-state index contributed by atoms with van der Waals surface area (Å²) in [5.74, 6) is 0.503. The van der Waals surface area contributed by atoms with Crippen molar-refractivity contribution in [1.29, 1.82) is 0 Å². The van der Waals surface area contributed by atoms with Crippen LogP contribution >= 0.6 is 0 Å². The highest BCUT2D eigenvalue weighted by Crippen LogP contribution is 2.22. The Morgan fingerprint density at radius 3 is 2.46 bits per heavy atom. The van der Waals surface area contributed by atoms with E-state index in [1.807, 2.05) is 30.3 Å². The third-order valence-corrected chi connectivity index (χ3v) is 5.15. The van der Waals surface area contributed by atoms with Crippen molar-refractivity contribution in [3.63, 3.8) is 0 Å². The topological polar surface area (TPSA) is 63.7 Å². The van der Waals surface area contributed by atoms with E-state index in [1.165, 1.54) is 6.07 Å². The van der Waals surface area contributed by atoms with Crippen LogP contribution in [-0.2, 0) is 9.84 Å². The van der Waals surface area contributed by atoms with Crippen molar-refractivity contribution in [2.45, 2.75) is 17.4 Å². The van der Waals surface area contributed by atoms with Gasteiger partial charge in [0, 0.05) is 19.2 Å². The molecule has 24 heavy (non-hydrogen) atoms. The molecule has 0 spiro atoms. The van der Waals surface area contributed by atoms with Crippen LogP contribution in [0.25, 0.3) is 0 Å². The van der Waals surface area contributed by atoms with Crippen LogP contribution in [0.5, 0.6) is 5.75 Å². The molecule has 0 aromatic heterocycles. The van der Waals surface area contributed by atoms with Gasteiger partial charge in [0.15, 0.2) is 9.84 Å². The normalized spacial score (nSPS) is 17.7. The van der Waals surface area contributed by atoms with Gasteiger partial charge < -0.3 is 9.64 Å². The minimum absolute atomic E-state index is 0.0717. The van der Waals surface area contributed by atoms with Gasteiger partial charge in [0.25, 0.3) is 5.91 Å². The van der Waals surface area contributed by atoms with E-state index in [9.17, 15) is 13.2 Å². The smallest absolute Gasteiger partial charge is 0.255 e. The molecule has 1 saturated heterocycles. The molecule has 1 amide bonds. The number of likely N-dealkylation sites (tertiary alicyclic amines) is 1. The van der Waals surface area contributed by atoms with Gasteiger partial charge in [0.2, 0.25) is 0 Å². The molecular formula is C18H19NO4S. The number of rotatable bonds is 4. The van der Waals surface area contributed by atoms with Gasteiger partial charge in [-0.15, -0.1) is 0 Å². The Bertz CT molecular complexity index is 833. The Morgan fingerprint density at radius 1 is 1.08 bits per heavy atom. The quantitative estimate of drug-likeness (QED) is 0.853. The summed E-state index contributed by atoms with van der Waals surface area (Å²) < 4.78 is 29.6. The fraction of sp³-hybridized carbons (Fsp3) is 0.278. The molecule has 0 aliphatic carbocycles. The van der Waals surface area contributed by atoms with E-state index in [1.54, 1.807) is 23.1 Å². The van der Waals surface area contributed by atoms with Gasteiger partial charge >= 0.3 is 0 Å². The maximum Gasteiger partial charge on any atom is 0.255 e. The number of sulfone groups is 1. The molecule has 1 heterocycles. The number of hydrogen-bond donors (Lipinski definition) is 0. The van der Waals surface area contributed by atoms with Crippen molar-refractivity contribution in [2.24, 2.45) is 0 Å². The summed E-state index contributed by atoms with van der Waals surface area (Å²) in [5.41, 5.74) is 0.223. The number of nitrogens with zero attached hydrogens (tertiary/aromatic N) is 1. The van der Waals surface area contributed by atoms with Crippen molar-refractivity contribution >= 4 is 15.7 Å². The third kappa shape index (κ3) is 3.59. The second kappa shape index (κ2) is 6.65. The molecule has 0 N–H and O–H groups in total. The summed E-state index contributed by atoms with van der Waals surface area (Å²) in [7, 11) is -3.45. The van der Waals surface area contributed by atoms with Crippen molar-refractivity contribution < 1.29 is 17.9 Å². The van der Waals surface area contributed by atoms with E-state index in [4.69, 9.17) is 4.74 Å². The molecule has 1 aliphatic rings. The molecule has 0 radical (unpaired) electrons. The standard InChI is InChI=1S/C18H19NO4S/c1-24(21,22)17-10-6-5-9-16(17)18(20)19-12-11-15(13-19)23-14-7-3-2-4-8-14/h2-10,15H,11-13H2,1H3/t15-/m0/s1. The SMILES string of the molecule is CS(=O)(=O)c1ccccc1C(=O)N1CC[C@H](Oc2ccccc2)C1. The van der Waals surface area contributed by atoms with Gasteiger partial charge in [-0.3, -0.25) is 4.79 Å². The molecule has 6 heteroatoms. The molecular weight excluding hydrogens is 326 g/mol. The minimum Gasteiger partial charge on any atom is -0.489 e. The average molecular weight is 345 g/mol. The minimum atomic E-state index is -3.45. The number of amides is 1. The van der Waals surface area contributed by atoms with Gasteiger partial charge in [0.1, 0.15) is 11.9 Å². The van der Waals surface area contributed by atoms with Crippen molar-refractivity contribution in [3.05, 3.63) is 60.2 Å². The predicted molar refractivity (Wildman–Crippen MR) is 90.9 cm³/mol. The molecule has 0 bridgehead atoms. The zero-order chi connectivity index (χ0) is 17.2. The fourth-order valence-corrected chi connectivity index (χ4v) is 3.72. The third-order valence-electron chi connectivity index (χ3n) is 4.00. The summed E-state index contributed by atoms with van der Waals surface area (Å²) in [6.45, 7) is 1.00. The number of carbonyl (C=O) groups excluding carboxylic acids is 1. The van der Waals surface area contributed by atoms with Gasteiger partial charge in [-0.2, -0.15) is 0 Å². The van der Waals surface area contributed by atoms with Crippen LogP contribution in [0.2, 0.25) is 0 Å². The highest BCUT2D eigenvalue weighted by atomic mass is 32.2. The Labute approximate surface area is 141 Å². The van der Waals surface area contributed by atoms with E-state index in [0.717, 1.165) is 18.4 Å². The number of para-hydroxylation sites is 1. The molecule has 126 valence electrons. The fourth-order valence-electron chi connectivity index (χ4n) is 2.84. The highest BCUT2D eigenvalue weighted by molar-refractivity contribution is 7.90. The molecule has 5 nitrogen and oxygen atoms in total. The summed E-state index contributed by atoms with van der Waals surface area (Å²) in [6.07, 6.45) is 1.76. The number of hydrogen-bond acceptors (Lipinski definition) is 4. The van der Waals surface area contributed by atoms with E-state index in [-0.39, 0.29) is 22.5 Å². The lowest BCUT2D eigenvalue weighted by atomic mass is 10.2. The van der Waals surface area contributed by atoms with Crippen molar-refractivity contribution in [1.82, 2.24) is 4.90 Å². The lowest BCUT2D eigenvalue weighted by molar-refractivity contribution is 0.0768. The van der Waals surface area contributed by atoms with Gasteiger partial charge in [0.05, 0.1) is 17.0 Å². The van der Waals surface area contributed by atoms with E-state index >= 15 is 0 Å². The van der Waals surface area contributed by atoms with Crippen LogP contribution < -0.4 is 4.74 Å². The Hall–Kier alpha value is -2.34. The number of benzene rings is 2. The Balaban J connectivity index is 1.74. The molecule has 1 atom stereocenters. The summed E-state index contributed by atoms with van der Waals surface area (Å²) >= 11 is 0. The van der Waals surface area contributed by atoms with Crippen LogP contribution in [0.15, 0.2) is 59.5 Å². The second-order valence-corrected chi connectivity index (χ2v) is 7.85. The number of ether oxygens (including phenoxy) is 1. The monoisotopic (exact) mass is 345 g/mol. The molecule has 0 saturated carbocycles. The maximum absolute atomic E-state index is 12.7. The van der Waals surface area contributed by atoms with Gasteiger partial charge in [-0.05, 0) is 24.3 Å². The molecule has 2 aromatic rings. The average Bonchev–Trinajstić information content (AvgIpc) is 3.03. The van der Waals surface area contributed by atoms with Crippen molar-refractivity contribution in [2.75, 3.05) is 19.3 Å². The van der Waals surface area contributed by atoms with Crippen LogP contribution in [0.4, 0.5) is 0 Å². The van der Waals surface area contributed by atoms with Crippen molar-refractivity contribution in [3.8, 4) is 5.75 Å². The van der Waals surface area contributed by atoms with Gasteiger partial charge in [-0.1, -0.05) is 30.3 Å². The van der Waals surface area contributed by atoms with Crippen LogP contribution in [0, 0.1) is 0 Å². The summed E-state index contributed by atoms with van der Waals surface area (Å²) in [6, 6.07) is 15.8. The first-order valence-corrected chi connectivity index (χ1v) is 9.64. The Kier molecular flexibility index (Phi) is 4.57. The second-order valence-electron chi connectivity index (χ2n) is 5.86. The van der Waals surface area contributed by atoms with Crippen LogP contribution in [0.1, 0.15) is 16.8 Å². The first-order chi connectivity index (χ1) is 11.4. The molecule has 3 rings (SSSR count). The van der Waals surface area contributed by atoms with Gasteiger partial charge in [-0.25, -0.2) is 8.42 Å². The Morgan fingerprint density at radius 2 is 1.75 bits per heavy atom. The largest absolute Gasteiger partial charge is 0.489 e. The first kappa shape index (κ1) is 16.5. The predicted octanol–water partition coefficient (Wildman–Crippen LogP) is 2.38. The van der Waals surface area contributed by atoms with Crippen LogP contribution in [-0.4, -0.2) is 44.7 Å². The zero-order valence-corrected chi connectivity index (χ0v) is 14.2. The van der Waals surface area contributed by atoms with E-state index < -0.39 is 9.84 Å². The lowest BCUT2D eigenvalue weighted by Crippen LogP contribution is -2.31. The summed E-state index contributed by atoms with van der Waals surface area (Å²) in [4.78, 5) is 14.4. The highest BCUT2D eigenvalue weighted by Gasteiger charge is 2.30. The maximum atomic E-state index is 12.7. The van der Waals surface area contributed by atoms with E-state index in [2.05, 4.69) is 0 Å². The molecule has 1 aliphatic heterocycles. The van der Waals surface area contributed by atoms with E-state index in [0.29, 0.717) is 13.1 Å². The molecule has 2 aromatic carbocycles. The summed E-state index contributed by atoms with van der Waals surface area (Å²) in [5, 5.41) is 0.